The minimum atomic E-state index is 0.500. The summed E-state index contributed by atoms with van der Waals surface area (Å²) in [7, 11) is 0.500. The monoisotopic (exact) mass is 163 g/mol. The smallest absolute Gasteiger partial charge is 0.0785 e. The molecule has 0 amide bonds. The van der Waals surface area contributed by atoms with Crippen LogP contribution in [0.1, 0.15) is 0 Å². The largest absolute Gasteiger partial charge is 0.256 e. The topological polar surface area (TPSA) is 12.9 Å². The maximum absolute atomic E-state index is 9.50. The Hall–Kier alpha value is -1.44. The SMILES string of the molecule is CF.c1ccc2ncccc2c1. The van der Waals surface area contributed by atoms with Gasteiger partial charge in [-0.05, 0) is 12.1 Å². The first-order valence-electron chi connectivity index (χ1n) is 3.64. The van der Waals surface area contributed by atoms with E-state index in [9.17, 15) is 4.39 Å². The molecule has 1 heterocycles. The number of benzene rings is 1. The van der Waals surface area contributed by atoms with E-state index in [1.54, 1.807) is 0 Å². The maximum atomic E-state index is 9.50. The van der Waals surface area contributed by atoms with Gasteiger partial charge >= 0.3 is 0 Å². The second-order valence-corrected chi connectivity index (χ2v) is 2.20. The minimum Gasteiger partial charge on any atom is -0.256 e. The van der Waals surface area contributed by atoms with E-state index in [1.165, 1.54) is 5.39 Å². The summed E-state index contributed by atoms with van der Waals surface area (Å²) >= 11 is 0. The standard InChI is InChI=1S/C9H7N.CH3F/c1-2-6-9-8(4-1)5-3-7-10-9;1-2/h1-7H;1H3. The quantitative estimate of drug-likeness (QED) is 0.582. The van der Waals surface area contributed by atoms with E-state index in [4.69, 9.17) is 0 Å². The lowest BCUT2D eigenvalue weighted by Crippen LogP contribution is -1.73. The fourth-order valence-corrected chi connectivity index (χ4v) is 1.02. The lowest BCUT2D eigenvalue weighted by Gasteiger charge is -1.91. The van der Waals surface area contributed by atoms with E-state index in [1.807, 2.05) is 30.5 Å². The fourth-order valence-electron chi connectivity index (χ4n) is 1.02. The molecule has 1 aromatic heterocycles. The number of rotatable bonds is 0. The molecule has 0 aliphatic rings. The summed E-state index contributed by atoms with van der Waals surface area (Å²) in [6.45, 7) is 0. The number of para-hydroxylation sites is 1. The molecule has 12 heavy (non-hydrogen) atoms. The number of alkyl halides is 1. The van der Waals surface area contributed by atoms with Crippen molar-refractivity contribution in [2.75, 3.05) is 7.18 Å². The number of halogens is 1. The van der Waals surface area contributed by atoms with Crippen LogP contribution in [0, 0.1) is 0 Å². The molecule has 0 atom stereocenters. The first-order chi connectivity index (χ1) is 5.97. The second kappa shape index (κ2) is 4.44. The van der Waals surface area contributed by atoms with Gasteiger partial charge < -0.3 is 0 Å². The summed E-state index contributed by atoms with van der Waals surface area (Å²) in [5, 5.41) is 1.20. The van der Waals surface area contributed by atoms with Gasteiger partial charge in [0.05, 0.1) is 12.7 Å². The van der Waals surface area contributed by atoms with E-state index in [-0.39, 0.29) is 0 Å². The van der Waals surface area contributed by atoms with E-state index < -0.39 is 0 Å². The summed E-state index contributed by atoms with van der Waals surface area (Å²) in [5.41, 5.74) is 1.06. The summed E-state index contributed by atoms with van der Waals surface area (Å²) in [6, 6.07) is 12.1. The van der Waals surface area contributed by atoms with Crippen LogP contribution in [0.15, 0.2) is 42.6 Å². The summed E-state index contributed by atoms with van der Waals surface area (Å²) < 4.78 is 9.50. The van der Waals surface area contributed by atoms with E-state index in [0.717, 1.165) is 5.52 Å². The van der Waals surface area contributed by atoms with Gasteiger partial charge in [-0.15, -0.1) is 0 Å². The van der Waals surface area contributed by atoms with Crippen molar-refractivity contribution in [1.29, 1.82) is 0 Å². The lowest BCUT2D eigenvalue weighted by atomic mass is 10.2. The predicted octanol–water partition coefficient (Wildman–Crippen LogP) is 2.82. The second-order valence-electron chi connectivity index (χ2n) is 2.20. The Morgan fingerprint density at radius 2 is 1.67 bits per heavy atom. The molecule has 0 aliphatic carbocycles. The zero-order valence-electron chi connectivity index (χ0n) is 6.87. The van der Waals surface area contributed by atoms with Gasteiger partial charge in [-0.3, -0.25) is 9.37 Å². The number of aromatic nitrogens is 1. The summed E-state index contributed by atoms with van der Waals surface area (Å²) in [5.74, 6) is 0. The Labute approximate surface area is 70.9 Å². The lowest BCUT2D eigenvalue weighted by molar-refractivity contribution is 0.636. The van der Waals surface area contributed by atoms with Gasteiger partial charge in [0.15, 0.2) is 0 Å². The zero-order valence-corrected chi connectivity index (χ0v) is 6.87. The van der Waals surface area contributed by atoms with Crippen LogP contribution in [0.3, 0.4) is 0 Å². The third kappa shape index (κ3) is 1.78. The van der Waals surface area contributed by atoms with Crippen LogP contribution in [-0.2, 0) is 0 Å². The average molecular weight is 163 g/mol. The number of pyridine rings is 1. The predicted molar refractivity (Wildman–Crippen MR) is 48.8 cm³/mol. The Kier molecular flexibility index (Phi) is 3.20. The number of hydrogen-bond donors (Lipinski definition) is 0. The molecule has 0 saturated heterocycles. The van der Waals surface area contributed by atoms with Crippen molar-refractivity contribution in [1.82, 2.24) is 4.98 Å². The molecular weight excluding hydrogens is 153 g/mol. The average Bonchev–Trinajstić information content (AvgIpc) is 2.21. The van der Waals surface area contributed by atoms with Crippen LogP contribution in [0.5, 0.6) is 0 Å². The van der Waals surface area contributed by atoms with Crippen LogP contribution in [0.25, 0.3) is 10.9 Å². The van der Waals surface area contributed by atoms with E-state index in [0.29, 0.717) is 7.18 Å². The summed E-state index contributed by atoms with van der Waals surface area (Å²) in [6.07, 6.45) is 1.81. The molecule has 0 saturated carbocycles. The molecular formula is C10H10FN. The fraction of sp³-hybridized carbons (Fsp3) is 0.100. The molecule has 0 radical (unpaired) electrons. The van der Waals surface area contributed by atoms with Crippen molar-refractivity contribution in [3.63, 3.8) is 0 Å². The van der Waals surface area contributed by atoms with Crippen molar-refractivity contribution in [2.45, 2.75) is 0 Å². The van der Waals surface area contributed by atoms with Gasteiger partial charge in [-0.2, -0.15) is 0 Å². The van der Waals surface area contributed by atoms with Crippen molar-refractivity contribution in [3.8, 4) is 0 Å². The normalized spacial score (nSPS) is 8.83. The number of nitrogens with zero attached hydrogens (tertiary/aromatic N) is 1. The van der Waals surface area contributed by atoms with Gasteiger partial charge in [0.25, 0.3) is 0 Å². The molecule has 2 heteroatoms. The summed E-state index contributed by atoms with van der Waals surface area (Å²) in [4.78, 5) is 4.18. The third-order valence-corrected chi connectivity index (χ3v) is 1.51. The van der Waals surface area contributed by atoms with Crippen LogP contribution >= 0.6 is 0 Å². The van der Waals surface area contributed by atoms with Gasteiger partial charge in [-0.1, -0.05) is 24.3 Å². The van der Waals surface area contributed by atoms with Crippen molar-refractivity contribution in [2.24, 2.45) is 0 Å². The van der Waals surface area contributed by atoms with Crippen molar-refractivity contribution in [3.05, 3.63) is 42.6 Å². The molecule has 2 aromatic rings. The zero-order chi connectivity index (χ0) is 8.81. The van der Waals surface area contributed by atoms with Crippen LogP contribution < -0.4 is 0 Å². The maximum Gasteiger partial charge on any atom is 0.0785 e. The van der Waals surface area contributed by atoms with Crippen LogP contribution in [-0.4, -0.2) is 12.2 Å². The Bertz CT molecular complexity index is 281. The van der Waals surface area contributed by atoms with Gasteiger partial charge in [0, 0.05) is 11.6 Å². The van der Waals surface area contributed by atoms with Crippen molar-refractivity contribution < 1.29 is 4.39 Å². The molecule has 2 rings (SSSR count). The molecule has 0 bridgehead atoms. The highest BCUT2D eigenvalue weighted by Gasteiger charge is 1.86. The van der Waals surface area contributed by atoms with E-state index in [2.05, 4.69) is 17.1 Å². The molecule has 0 fully saturated rings. The van der Waals surface area contributed by atoms with Gasteiger partial charge in [0.2, 0.25) is 0 Å². The van der Waals surface area contributed by atoms with Crippen LogP contribution in [0.2, 0.25) is 0 Å². The number of fused-ring (bicyclic) bond motifs is 1. The third-order valence-electron chi connectivity index (χ3n) is 1.51. The van der Waals surface area contributed by atoms with Gasteiger partial charge in [-0.25, -0.2) is 0 Å². The van der Waals surface area contributed by atoms with E-state index >= 15 is 0 Å². The Morgan fingerprint density at radius 1 is 1.00 bits per heavy atom. The molecule has 0 N–H and O–H groups in total. The first kappa shape index (κ1) is 8.65. The molecule has 1 aromatic carbocycles. The molecule has 0 aliphatic heterocycles. The number of hydrogen-bond acceptors (Lipinski definition) is 1. The highest BCUT2D eigenvalue weighted by molar-refractivity contribution is 5.77. The molecule has 0 spiro atoms. The first-order valence-corrected chi connectivity index (χ1v) is 3.64. The molecule has 1 nitrogen and oxygen atoms in total. The molecule has 0 unspecified atom stereocenters. The minimum absolute atomic E-state index is 0.500. The molecule has 62 valence electrons. The highest BCUT2D eigenvalue weighted by Crippen LogP contribution is 2.07. The van der Waals surface area contributed by atoms with Crippen molar-refractivity contribution >= 4 is 10.9 Å². The van der Waals surface area contributed by atoms with Crippen LogP contribution in [0.4, 0.5) is 4.39 Å². The van der Waals surface area contributed by atoms with Gasteiger partial charge in [0.1, 0.15) is 0 Å². The highest BCUT2D eigenvalue weighted by atomic mass is 19.1. The Balaban J connectivity index is 0.000000336. The Morgan fingerprint density at radius 3 is 2.42 bits per heavy atom.